The van der Waals surface area contributed by atoms with Gasteiger partial charge in [0.25, 0.3) is 5.56 Å². The van der Waals surface area contributed by atoms with Gasteiger partial charge in [0.15, 0.2) is 0 Å². The molecule has 2 heterocycles. The van der Waals surface area contributed by atoms with E-state index in [4.69, 9.17) is 0 Å². The van der Waals surface area contributed by atoms with Gasteiger partial charge in [0.2, 0.25) is 10.9 Å². The third-order valence-corrected chi connectivity index (χ3v) is 4.00. The van der Waals surface area contributed by atoms with Gasteiger partial charge in [0.05, 0.1) is 5.69 Å². The van der Waals surface area contributed by atoms with E-state index >= 15 is 0 Å². The number of thioether (sulfide) groups is 1. The van der Waals surface area contributed by atoms with Crippen LogP contribution in [0.1, 0.15) is 36.9 Å². The number of hydrogen-bond acceptors (Lipinski definition) is 4. The van der Waals surface area contributed by atoms with Gasteiger partial charge in [-0.05, 0) is 31.9 Å². The Hall–Kier alpha value is -1.30. The van der Waals surface area contributed by atoms with Crippen LogP contribution in [0.25, 0.3) is 5.78 Å². The van der Waals surface area contributed by atoms with E-state index in [1.807, 2.05) is 10.8 Å². The Kier molecular flexibility index (Phi) is 3.11. The van der Waals surface area contributed by atoms with E-state index in [0.717, 1.165) is 36.9 Å². The number of rotatable bonds is 1. The zero-order valence-corrected chi connectivity index (χ0v) is 11.2. The quantitative estimate of drug-likeness (QED) is 0.798. The van der Waals surface area contributed by atoms with Crippen LogP contribution in [0.15, 0.2) is 9.95 Å². The summed E-state index contributed by atoms with van der Waals surface area (Å²) in [6.07, 6.45) is 8.38. The molecule has 1 N–H and O–H groups in total. The van der Waals surface area contributed by atoms with Gasteiger partial charge in [-0.1, -0.05) is 24.6 Å². The fourth-order valence-corrected chi connectivity index (χ4v) is 2.89. The number of hydrogen-bond donors (Lipinski definition) is 1. The van der Waals surface area contributed by atoms with Crippen molar-refractivity contribution < 1.29 is 0 Å². The summed E-state index contributed by atoms with van der Waals surface area (Å²) < 4.78 is 1.83. The van der Waals surface area contributed by atoms with E-state index in [0.29, 0.717) is 10.9 Å². The van der Waals surface area contributed by atoms with Crippen LogP contribution in [-0.4, -0.2) is 25.8 Å². The molecular formula is C12H16N4OS. The van der Waals surface area contributed by atoms with Crippen molar-refractivity contribution in [1.29, 1.82) is 0 Å². The van der Waals surface area contributed by atoms with Crippen LogP contribution >= 0.6 is 11.8 Å². The Morgan fingerprint density at radius 3 is 2.78 bits per heavy atom. The molecule has 18 heavy (non-hydrogen) atoms. The van der Waals surface area contributed by atoms with E-state index in [2.05, 4.69) is 15.1 Å². The Bertz CT molecular complexity index is 631. The Balaban J connectivity index is 2.24. The minimum absolute atomic E-state index is 0.0134. The molecule has 3 rings (SSSR count). The third-order valence-electron chi connectivity index (χ3n) is 3.46. The maximum absolute atomic E-state index is 12.1. The van der Waals surface area contributed by atoms with Gasteiger partial charge in [0.1, 0.15) is 0 Å². The molecule has 0 spiro atoms. The van der Waals surface area contributed by atoms with Crippen LogP contribution in [0.5, 0.6) is 0 Å². The Morgan fingerprint density at radius 1 is 1.22 bits per heavy atom. The molecular weight excluding hydrogens is 248 g/mol. The second kappa shape index (κ2) is 4.76. The van der Waals surface area contributed by atoms with Crippen molar-refractivity contribution in [3.05, 3.63) is 21.6 Å². The van der Waals surface area contributed by atoms with E-state index in [-0.39, 0.29) is 5.56 Å². The van der Waals surface area contributed by atoms with Gasteiger partial charge in [-0.15, -0.1) is 5.10 Å². The zero-order valence-electron chi connectivity index (χ0n) is 10.4. The molecule has 0 atom stereocenters. The smallest absolute Gasteiger partial charge is 0.255 e. The summed E-state index contributed by atoms with van der Waals surface area (Å²) in [5, 5.41) is 5.17. The minimum atomic E-state index is 0.0134. The first kappa shape index (κ1) is 11.8. The van der Waals surface area contributed by atoms with Gasteiger partial charge in [0, 0.05) is 5.56 Å². The van der Waals surface area contributed by atoms with E-state index in [1.54, 1.807) is 0 Å². The first-order valence-electron chi connectivity index (χ1n) is 6.34. The molecule has 0 bridgehead atoms. The summed E-state index contributed by atoms with van der Waals surface area (Å²) in [6.45, 7) is 0. The van der Waals surface area contributed by atoms with E-state index < -0.39 is 0 Å². The van der Waals surface area contributed by atoms with E-state index in [9.17, 15) is 4.79 Å². The molecule has 2 aromatic rings. The maximum atomic E-state index is 12.1. The highest BCUT2D eigenvalue weighted by Crippen LogP contribution is 2.19. The molecule has 0 saturated carbocycles. The predicted molar refractivity (Wildman–Crippen MR) is 71.3 cm³/mol. The van der Waals surface area contributed by atoms with Crippen molar-refractivity contribution in [2.45, 2.75) is 43.7 Å². The number of aromatic nitrogens is 4. The maximum Gasteiger partial charge on any atom is 0.255 e. The zero-order chi connectivity index (χ0) is 12.5. The number of aryl methyl sites for hydroxylation is 1. The first-order valence-corrected chi connectivity index (χ1v) is 7.57. The average molecular weight is 264 g/mol. The van der Waals surface area contributed by atoms with Crippen molar-refractivity contribution in [1.82, 2.24) is 19.6 Å². The fourth-order valence-electron chi connectivity index (χ4n) is 2.55. The largest absolute Gasteiger partial charge is 0.290 e. The molecule has 1 aliphatic rings. The molecule has 0 saturated heterocycles. The summed E-state index contributed by atoms with van der Waals surface area (Å²) in [4.78, 5) is 19.3. The molecule has 2 aromatic heterocycles. The summed E-state index contributed by atoms with van der Waals surface area (Å²) in [5.74, 6) is 0.573. The summed E-state index contributed by atoms with van der Waals surface area (Å²) in [7, 11) is 0. The van der Waals surface area contributed by atoms with Crippen LogP contribution in [-0.2, 0) is 12.8 Å². The topological polar surface area (TPSA) is 63.0 Å². The number of nitrogens with one attached hydrogen (secondary N) is 1. The van der Waals surface area contributed by atoms with Crippen LogP contribution in [0.3, 0.4) is 0 Å². The van der Waals surface area contributed by atoms with Crippen LogP contribution in [0.4, 0.5) is 0 Å². The monoisotopic (exact) mass is 264 g/mol. The standard InChI is InChI=1S/C12H16N4OS/c1-18-12-14-11-13-10(17)8-6-4-2-3-5-7-9(8)16(11)15-12/h2-7H2,1H3,(H,13,14,15,17). The molecule has 96 valence electrons. The van der Waals surface area contributed by atoms with Crippen molar-refractivity contribution in [3.8, 4) is 0 Å². The van der Waals surface area contributed by atoms with Crippen LogP contribution in [0, 0.1) is 0 Å². The van der Waals surface area contributed by atoms with Gasteiger partial charge in [-0.25, -0.2) is 4.52 Å². The number of aromatic amines is 1. The first-order chi connectivity index (χ1) is 8.79. The fraction of sp³-hybridized carbons (Fsp3) is 0.583. The van der Waals surface area contributed by atoms with Gasteiger partial charge in [-0.2, -0.15) is 4.98 Å². The molecule has 0 unspecified atom stereocenters. The van der Waals surface area contributed by atoms with Crippen molar-refractivity contribution in [2.75, 3.05) is 6.26 Å². The average Bonchev–Trinajstić information content (AvgIpc) is 2.72. The van der Waals surface area contributed by atoms with Gasteiger partial charge >= 0.3 is 0 Å². The minimum Gasteiger partial charge on any atom is -0.290 e. The second-order valence-corrected chi connectivity index (χ2v) is 5.40. The second-order valence-electron chi connectivity index (χ2n) is 4.63. The number of H-pyrrole nitrogens is 1. The Morgan fingerprint density at radius 2 is 2.00 bits per heavy atom. The lowest BCUT2D eigenvalue weighted by atomic mass is 9.98. The Labute approximate surface area is 109 Å². The lowest BCUT2D eigenvalue weighted by Crippen LogP contribution is -2.21. The summed E-state index contributed by atoms with van der Waals surface area (Å²) in [6, 6.07) is 0. The normalized spacial score (nSPS) is 16.3. The summed E-state index contributed by atoms with van der Waals surface area (Å²) in [5.41, 5.74) is 1.97. The molecule has 0 radical (unpaired) electrons. The third kappa shape index (κ3) is 1.94. The molecule has 0 aliphatic heterocycles. The van der Waals surface area contributed by atoms with Gasteiger partial charge < -0.3 is 0 Å². The molecule has 1 aliphatic carbocycles. The predicted octanol–water partition coefficient (Wildman–Crippen LogP) is 1.80. The highest BCUT2D eigenvalue weighted by molar-refractivity contribution is 7.98. The molecule has 5 nitrogen and oxygen atoms in total. The molecule has 0 aromatic carbocycles. The van der Waals surface area contributed by atoms with E-state index in [1.165, 1.54) is 24.6 Å². The summed E-state index contributed by atoms with van der Waals surface area (Å²) >= 11 is 1.50. The highest BCUT2D eigenvalue weighted by Gasteiger charge is 2.16. The van der Waals surface area contributed by atoms with Crippen molar-refractivity contribution in [2.24, 2.45) is 0 Å². The highest BCUT2D eigenvalue weighted by atomic mass is 32.2. The van der Waals surface area contributed by atoms with Crippen LogP contribution < -0.4 is 5.56 Å². The lowest BCUT2D eigenvalue weighted by Gasteiger charge is -2.13. The number of fused-ring (bicyclic) bond motifs is 3. The number of nitrogens with zero attached hydrogens (tertiary/aromatic N) is 3. The van der Waals surface area contributed by atoms with Crippen molar-refractivity contribution >= 4 is 17.5 Å². The molecule has 0 amide bonds. The lowest BCUT2D eigenvalue weighted by molar-refractivity contribution is 0.592. The SMILES string of the molecule is CSc1nc2[nH]c(=O)c3c(n2n1)CCCCCC3. The molecule has 6 heteroatoms. The van der Waals surface area contributed by atoms with Crippen LogP contribution in [0.2, 0.25) is 0 Å². The van der Waals surface area contributed by atoms with Gasteiger partial charge in [-0.3, -0.25) is 9.78 Å². The van der Waals surface area contributed by atoms with Crippen molar-refractivity contribution in [3.63, 3.8) is 0 Å². The molecule has 0 fully saturated rings.